The zero-order chi connectivity index (χ0) is 10.3. The van der Waals surface area contributed by atoms with E-state index in [1.807, 2.05) is 5.32 Å². The van der Waals surface area contributed by atoms with Crippen molar-refractivity contribution in [2.45, 2.75) is 43.7 Å². The van der Waals surface area contributed by atoms with Crippen molar-refractivity contribution < 1.29 is 22.7 Å². The number of ether oxygens (including phenoxy) is 1. The van der Waals surface area contributed by atoms with Gasteiger partial charge in [-0.25, -0.2) is 0 Å². The summed E-state index contributed by atoms with van der Waals surface area (Å²) in [6, 6.07) is -0.382. The predicted octanol–water partition coefficient (Wildman–Crippen LogP) is 0.985. The van der Waals surface area contributed by atoms with Crippen LogP contribution in [0.3, 0.4) is 0 Å². The fourth-order valence-corrected chi connectivity index (χ4v) is 1.80. The van der Waals surface area contributed by atoms with Crippen LogP contribution in [-0.4, -0.2) is 30.3 Å². The standard InChI is InChI=1S/C8H10F3NO2/c9-8(10,11)7(13)12-4-1-2-5-6(3-4)14-5/h4-6H,1-3H2,(H,12,13)/t4-,5-,6+/m0/s1. The Morgan fingerprint density at radius 3 is 2.57 bits per heavy atom. The van der Waals surface area contributed by atoms with E-state index in [1.54, 1.807) is 0 Å². The molecule has 1 saturated heterocycles. The number of nitrogens with one attached hydrogen (secondary N) is 1. The molecule has 0 aromatic carbocycles. The number of hydrogen-bond donors (Lipinski definition) is 1. The van der Waals surface area contributed by atoms with Crippen LogP contribution in [0.1, 0.15) is 19.3 Å². The molecule has 0 unspecified atom stereocenters. The lowest BCUT2D eigenvalue weighted by Crippen LogP contribution is -2.44. The fraction of sp³-hybridized carbons (Fsp3) is 0.875. The Bertz CT molecular complexity index is 253. The number of alkyl halides is 3. The highest BCUT2D eigenvalue weighted by atomic mass is 19.4. The molecule has 1 N–H and O–H groups in total. The Kier molecular flexibility index (Phi) is 2.17. The third-order valence-electron chi connectivity index (χ3n) is 2.60. The van der Waals surface area contributed by atoms with Gasteiger partial charge < -0.3 is 10.1 Å². The van der Waals surface area contributed by atoms with E-state index in [1.165, 1.54) is 0 Å². The molecule has 2 rings (SSSR count). The molecule has 1 saturated carbocycles. The van der Waals surface area contributed by atoms with Crippen molar-refractivity contribution in [3.8, 4) is 0 Å². The highest BCUT2D eigenvalue weighted by Gasteiger charge is 2.46. The van der Waals surface area contributed by atoms with Crippen LogP contribution in [0.25, 0.3) is 0 Å². The van der Waals surface area contributed by atoms with Crippen LogP contribution in [0.4, 0.5) is 13.2 Å². The summed E-state index contributed by atoms with van der Waals surface area (Å²) in [5, 5.41) is 1.97. The topological polar surface area (TPSA) is 41.6 Å². The number of carbonyl (C=O) groups excluding carboxylic acids is 1. The average Bonchev–Trinajstić information content (AvgIpc) is 2.80. The highest BCUT2D eigenvalue weighted by molar-refractivity contribution is 5.81. The summed E-state index contributed by atoms with van der Waals surface area (Å²) in [7, 11) is 0. The van der Waals surface area contributed by atoms with E-state index in [-0.39, 0.29) is 18.2 Å². The molecule has 14 heavy (non-hydrogen) atoms. The van der Waals surface area contributed by atoms with Crippen molar-refractivity contribution in [2.75, 3.05) is 0 Å². The molecule has 0 aromatic rings. The van der Waals surface area contributed by atoms with Gasteiger partial charge in [-0.05, 0) is 19.3 Å². The van der Waals surface area contributed by atoms with Gasteiger partial charge in [0.25, 0.3) is 0 Å². The van der Waals surface area contributed by atoms with E-state index < -0.39 is 12.1 Å². The molecule has 0 bridgehead atoms. The first-order valence-electron chi connectivity index (χ1n) is 4.50. The molecular weight excluding hydrogens is 199 g/mol. The van der Waals surface area contributed by atoms with Gasteiger partial charge >= 0.3 is 12.1 Å². The van der Waals surface area contributed by atoms with E-state index in [9.17, 15) is 18.0 Å². The normalized spacial score (nSPS) is 36.1. The molecule has 1 heterocycles. The van der Waals surface area contributed by atoms with E-state index in [4.69, 9.17) is 4.74 Å². The summed E-state index contributed by atoms with van der Waals surface area (Å²) in [5.41, 5.74) is 0. The zero-order valence-corrected chi connectivity index (χ0v) is 7.30. The Morgan fingerprint density at radius 2 is 2.00 bits per heavy atom. The first-order chi connectivity index (χ1) is 6.47. The van der Waals surface area contributed by atoms with Gasteiger partial charge in [0.2, 0.25) is 0 Å². The van der Waals surface area contributed by atoms with Crippen molar-refractivity contribution in [3.05, 3.63) is 0 Å². The lowest BCUT2D eigenvalue weighted by molar-refractivity contribution is -0.174. The third-order valence-corrected chi connectivity index (χ3v) is 2.60. The maximum absolute atomic E-state index is 11.9. The van der Waals surface area contributed by atoms with Gasteiger partial charge in [-0.3, -0.25) is 4.79 Å². The van der Waals surface area contributed by atoms with Gasteiger partial charge in [0.05, 0.1) is 12.2 Å². The fourth-order valence-electron chi connectivity index (χ4n) is 1.80. The highest BCUT2D eigenvalue weighted by Crippen LogP contribution is 2.36. The van der Waals surface area contributed by atoms with Gasteiger partial charge in [0, 0.05) is 6.04 Å². The molecule has 1 aliphatic heterocycles. The summed E-state index contributed by atoms with van der Waals surface area (Å²) < 4.78 is 40.7. The number of epoxide rings is 1. The van der Waals surface area contributed by atoms with Crippen molar-refractivity contribution >= 4 is 5.91 Å². The molecule has 0 radical (unpaired) electrons. The van der Waals surface area contributed by atoms with Gasteiger partial charge in [-0.1, -0.05) is 0 Å². The van der Waals surface area contributed by atoms with E-state index >= 15 is 0 Å². The Balaban J connectivity index is 1.82. The van der Waals surface area contributed by atoms with Crippen molar-refractivity contribution in [1.29, 1.82) is 0 Å². The minimum Gasteiger partial charge on any atom is -0.370 e. The molecule has 80 valence electrons. The summed E-state index contributed by atoms with van der Waals surface area (Å²) >= 11 is 0. The maximum Gasteiger partial charge on any atom is 0.471 e. The molecule has 1 aliphatic carbocycles. The Morgan fingerprint density at radius 1 is 1.29 bits per heavy atom. The van der Waals surface area contributed by atoms with E-state index in [2.05, 4.69) is 0 Å². The first-order valence-corrected chi connectivity index (χ1v) is 4.50. The van der Waals surface area contributed by atoms with Crippen molar-refractivity contribution in [2.24, 2.45) is 0 Å². The van der Waals surface area contributed by atoms with Crippen molar-refractivity contribution in [1.82, 2.24) is 5.32 Å². The molecular formula is C8H10F3NO2. The lowest BCUT2D eigenvalue weighted by Gasteiger charge is -2.20. The van der Waals surface area contributed by atoms with Gasteiger partial charge in [0.1, 0.15) is 0 Å². The van der Waals surface area contributed by atoms with Gasteiger partial charge in [0.15, 0.2) is 0 Å². The number of halogens is 3. The molecule has 1 amide bonds. The van der Waals surface area contributed by atoms with Crippen LogP contribution in [-0.2, 0) is 9.53 Å². The summed E-state index contributed by atoms with van der Waals surface area (Å²) in [5.74, 6) is -1.85. The van der Waals surface area contributed by atoms with Crippen LogP contribution < -0.4 is 5.32 Å². The smallest absolute Gasteiger partial charge is 0.370 e. The maximum atomic E-state index is 11.9. The molecule has 2 aliphatic rings. The summed E-state index contributed by atoms with van der Waals surface area (Å²) in [4.78, 5) is 10.6. The molecule has 0 aromatic heterocycles. The molecule has 3 atom stereocenters. The lowest BCUT2D eigenvalue weighted by atomic mass is 9.95. The third kappa shape index (κ3) is 2.00. The minimum absolute atomic E-state index is 0.0716. The van der Waals surface area contributed by atoms with Crippen molar-refractivity contribution in [3.63, 3.8) is 0 Å². The quantitative estimate of drug-likeness (QED) is 0.654. The van der Waals surface area contributed by atoms with E-state index in [0.29, 0.717) is 12.8 Å². The number of fused-ring (bicyclic) bond motifs is 1. The zero-order valence-electron chi connectivity index (χ0n) is 7.30. The number of amides is 1. The Hall–Kier alpha value is -0.780. The Labute approximate surface area is 78.6 Å². The molecule has 0 spiro atoms. The molecule has 6 heteroatoms. The molecule has 2 fully saturated rings. The van der Waals surface area contributed by atoms with E-state index in [0.717, 1.165) is 6.42 Å². The largest absolute Gasteiger partial charge is 0.471 e. The second-order valence-corrected chi connectivity index (χ2v) is 3.69. The van der Waals surface area contributed by atoms with Crippen LogP contribution >= 0.6 is 0 Å². The van der Waals surface area contributed by atoms with Crippen LogP contribution in [0.5, 0.6) is 0 Å². The van der Waals surface area contributed by atoms with Crippen LogP contribution in [0, 0.1) is 0 Å². The number of rotatable bonds is 1. The SMILES string of the molecule is O=C(N[C@H]1CC[C@@H]2O[C@@H]2C1)C(F)(F)F. The second kappa shape index (κ2) is 3.12. The number of hydrogen-bond acceptors (Lipinski definition) is 2. The molecule has 3 nitrogen and oxygen atoms in total. The first kappa shape index (κ1) is 9.76. The van der Waals surface area contributed by atoms with Crippen LogP contribution in [0.2, 0.25) is 0 Å². The monoisotopic (exact) mass is 209 g/mol. The second-order valence-electron chi connectivity index (χ2n) is 3.69. The van der Waals surface area contributed by atoms with Gasteiger partial charge in [-0.2, -0.15) is 13.2 Å². The number of carbonyl (C=O) groups is 1. The average molecular weight is 209 g/mol. The summed E-state index contributed by atoms with van der Waals surface area (Å²) in [6.07, 6.45) is -2.65. The van der Waals surface area contributed by atoms with Gasteiger partial charge in [-0.15, -0.1) is 0 Å². The predicted molar refractivity (Wildman–Crippen MR) is 40.5 cm³/mol. The van der Waals surface area contributed by atoms with Crippen LogP contribution in [0.15, 0.2) is 0 Å². The summed E-state index contributed by atoms with van der Waals surface area (Å²) in [6.45, 7) is 0. The minimum atomic E-state index is -4.78.